The van der Waals surface area contributed by atoms with Crippen molar-refractivity contribution in [2.45, 2.75) is 25.9 Å². The number of hydrogen-bond donors (Lipinski definition) is 1. The number of nitrogens with zero attached hydrogens (tertiary/aromatic N) is 2. The van der Waals surface area contributed by atoms with Crippen molar-refractivity contribution in [1.29, 1.82) is 10.5 Å². The Labute approximate surface area is 96.9 Å². The Kier molecular flexibility index (Phi) is 7.83. The molecule has 17 heavy (non-hydrogen) atoms. The lowest BCUT2D eigenvalue weighted by atomic mass is 9.90. The standard InChI is InChI=1S/C7H9F2N2O4P.H3N/c1-7(2,6(5-11)3-4-10)13-16(12,14-8)15-9;/h6H,3H2,1-2H3;1H3. The molecule has 0 saturated heterocycles. The van der Waals surface area contributed by atoms with Gasteiger partial charge in [-0.3, -0.25) is 4.52 Å². The average Bonchev–Trinajstić information content (AvgIpc) is 2.24. The fourth-order valence-corrected chi connectivity index (χ4v) is 1.71. The van der Waals surface area contributed by atoms with E-state index in [1.54, 1.807) is 12.1 Å². The molecule has 0 bridgehead atoms. The van der Waals surface area contributed by atoms with Gasteiger partial charge in [-0.2, -0.15) is 10.5 Å². The van der Waals surface area contributed by atoms with E-state index in [0.29, 0.717) is 0 Å². The van der Waals surface area contributed by atoms with Crippen LogP contribution in [-0.4, -0.2) is 5.60 Å². The Morgan fingerprint density at radius 1 is 1.35 bits per heavy atom. The molecule has 10 heteroatoms. The minimum atomic E-state index is -4.99. The zero-order valence-corrected chi connectivity index (χ0v) is 10.1. The second-order valence-electron chi connectivity index (χ2n) is 3.32. The third-order valence-electron chi connectivity index (χ3n) is 1.81. The normalized spacial score (nSPS) is 13.1. The van der Waals surface area contributed by atoms with Gasteiger partial charge in [0.25, 0.3) is 0 Å². The number of phosphoric acid groups is 1. The molecule has 98 valence electrons. The Bertz CT molecular complexity index is 357. The molecular formula is C7H12F2N3O4P. The quantitative estimate of drug-likeness (QED) is 0.735. The molecule has 0 radical (unpaired) electrons. The average molecular weight is 271 g/mol. The third kappa shape index (κ3) is 5.18. The van der Waals surface area contributed by atoms with Gasteiger partial charge in [-0.05, 0) is 22.9 Å². The van der Waals surface area contributed by atoms with Gasteiger partial charge in [0.05, 0.1) is 30.1 Å². The van der Waals surface area contributed by atoms with Crippen molar-refractivity contribution in [3.8, 4) is 12.1 Å². The van der Waals surface area contributed by atoms with E-state index in [1.165, 1.54) is 13.8 Å². The van der Waals surface area contributed by atoms with Gasteiger partial charge in [-0.1, -0.05) is 9.46 Å². The van der Waals surface area contributed by atoms with E-state index in [2.05, 4.69) is 14.0 Å². The molecule has 0 aliphatic carbocycles. The van der Waals surface area contributed by atoms with Crippen LogP contribution in [0.3, 0.4) is 0 Å². The van der Waals surface area contributed by atoms with Gasteiger partial charge < -0.3 is 6.15 Å². The van der Waals surface area contributed by atoms with Gasteiger partial charge in [-0.25, -0.2) is 4.57 Å². The second kappa shape index (κ2) is 7.28. The molecule has 0 spiro atoms. The van der Waals surface area contributed by atoms with E-state index in [1.807, 2.05) is 0 Å². The molecule has 1 unspecified atom stereocenters. The summed E-state index contributed by atoms with van der Waals surface area (Å²) in [5.74, 6) is -1.05. The largest absolute Gasteiger partial charge is 0.537 e. The minimum Gasteiger partial charge on any atom is -0.344 e. The molecule has 0 rings (SSSR count). The van der Waals surface area contributed by atoms with E-state index in [9.17, 15) is 13.6 Å². The minimum absolute atomic E-state index is 0. The summed E-state index contributed by atoms with van der Waals surface area (Å²) in [6, 6.07) is 3.37. The van der Waals surface area contributed by atoms with Crippen LogP contribution < -0.4 is 6.15 Å². The van der Waals surface area contributed by atoms with E-state index in [4.69, 9.17) is 10.5 Å². The molecule has 0 aromatic heterocycles. The van der Waals surface area contributed by atoms with Crippen molar-refractivity contribution in [2.75, 3.05) is 0 Å². The molecule has 0 fully saturated rings. The molecule has 1 atom stereocenters. The van der Waals surface area contributed by atoms with E-state index in [0.717, 1.165) is 0 Å². The summed E-state index contributed by atoms with van der Waals surface area (Å²) in [6.45, 7) is 2.45. The number of rotatable bonds is 6. The smallest absolute Gasteiger partial charge is 0.344 e. The summed E-state index contributed by atoms with van der Waals surface area (Å²) in [5.41, 5.74) is -1.57. The lowest BCUT2D eigenvalue weighted by Crippen LogP contribution is -2.32. The lowest BCUT2D eigenvalue weighted by Gasteiger charge is -2.28. The zero-order valence-electron chi connectivity index (χ0n) is 9.22. The maximum Gasteiger partial charge on any atom is 0.537 e. The highest BCUT2D eigenvalue weighted by molar-refractivity contribution is 7.48. The molecule has 3 N–H and O–H groups in total. The highest BCUT2D eigenvalue weighted by Gasteiger charge is 2.42. The molecule has 0 saturated carbocycles. The molecule has 0 aromatic rings. The van der Waals surface area contributed by atoms with Crippen LogP contribution in [0.5, 0.6) is 0 Å². The summed E-state index contributed by atoms with van der Waals surface area (Å²) in [4.78, 5) is 0. The van der Waals surface area contributed by atoms with Crippen molar-refractivity contribution in [2.24, 2.45) is 5.92 Å². The van der Waals surface area contributed by atoms with Gasteiger partial charge in [-0.15, -0.1) is 0 Å². The molecule has 0 heterocycles. The van der Waals surface area contributed by atoms with Gasteiger partial charge in [0.2, 0.25) is 0 Å². The SMILES string of the molecule is CC(C)(OP(=O)(OF)OF)C(C#N)CC#N.N. The number of hydrogen-bond acceptors (Lipinski definition) is 7. The van der Waals surface area contributed by atoms with Crippen molar-refractivity contribution < 1.29 is 27.6 Å². The predicted octanol–water partition coefficient (Wildman–Crippen LogP) is 2.91. The van der Waals surface area contributed by atoms with Crippen molar-refractivity contribution in [1.82, 2.24) is 6.15 Å². The first-order valence-corrected chi connectivity index (χ1v) is 5.49. The Morgan fingerprint density at radius 2 is 1.82 bits per heavy atom. The summed E-state index contributed by atoms with van der Waals surface area (Å²) in [7, 11) is -4.99. The van der Waals surface area contributed by atoms with Crippen LogP contribution >= 0.6 is 7.82 Å². The van der Waals surface area contributed by atoms with Crippen LogP contribution in [0, 0.1) is 28.6 Å². The van der Waals surface area contributed by atoms with Crippen LogP contribution in [0.2, 0.25) is 0 Å². The molecule has 0 aliphatic heterocycles. The topological polar surface area (TPSA) is 127 Å². The zero-order chi connectivity index (χ0) is 12.8. The monoisotopic (exact) mass is 271 g/mol. The van der Waals surface area contributed by atoms with Gasteiger partial charge in [0, 0.05) is 0 Å². The van der Waals surface area contributed by atoms with E-state index < -0.39 is 19.3 Å². The summed E-state index contributed by atoms with van der Waals surface area (Å²) >= 11 is 0. The van der Waals surface area contributed by atoms with E-state index >= 15 is 0 Å². The summed E-state index contributed by atoms with van der Waals surface area (Å²) in [5, 5.41) is 17.1. The fraction of sp³-hybridized carbons (Fsp3) is 0.714. The van der Waals surface area contributed by atoms with Gasteiger partial charge in [0.15, 0.2) is 0 Å². The summed E-state index contributed by atoms with van der Waals surface area (Å²) in [6.07, 6.45) is -0.262. The Balaban J connectivity index is 0. The Morgan fingerprint density at radius 3 is 2.12 bits per heavy atom. The van der Waals surface area contributed by atoms with Crippen molar-refractivity contribution >= 4 is 7.82 Å². The van der Waals surface area contributed by atoms with Crippen LogP contribution in [-0.2, 0) is 18.5 Å². The van der Waals surface area contributed by atoms with Crippen molar-refractivity contribution in [3.63, 3.8) is 0 Å². The van der Waals surface area contributed by atoms with Gasteiger partial charge >= 0.3 is 7.82 Å². The molecular weight excluding hydrogens is 259 g/mol. The highest BCUT2D eigenvalue weighted by Crippen LogP contribution is 2.54. The maximum absolute atomic E-state index is 11.7. The first-order chi connectivity index (χ1) is 7.35. The van der Waals surface area contributed by atoms with Crippen LogP contribution in [0.25, 0.3) is 0 Å². The molecule has 7 nitrogen and oxygen atoms in total. The van der Waals surface area contributed by atoms with Crippen molar-refractivity contribution in [3.05, 3.63) is 0 Å². The maximum atomic E-state index is 11.7. The summed E-state index contributed by atoms with van der Waals surface area (Å²) < 4.78 is 44.3. The van der Waals surface area contributed by atoms with Gasteiger partial charge in [0.1, 0.15) is 0 Å². The highest BCUT2D eigenvalue weighted by atomic mass is 31.2. The van der Waals surface area contributed by atoms with Crippen LogP contribution in [0.1, 0.15) is 20.3 Å². The first kappa shape index (κ1) is 18.3. The fourth-order valence-electron chi connectivity index (χ4n) is 0.929. The second-order valence-corrected chi connectivity index (χ2v) is 4.68. The van der Waals surface area contributed by atoms with Crippen LogP contribution in [0.15, 0.2) is 0 Å². The predicted molar refractivity (Wildman–Crippen MR) is 51.5 cm³/mol. The van der Waals surface area contributed by atoms with E-state index in [-0.39, 0.29) is 12.6 Å². The molecule has 0 aromatic carbocycles. The lowest BCUT2D eigenvalue weighted by molar-refractivity contribution is -0.137. The number of halogens is 2. The third-order valence-corrected chi connectivity index (χ3v) is 2.84. The molecule has 0 aliphatic rings. The number of nitriles is 2. The Hall–Kier alpha value is -1.09. The van der Waals surface area contributed by atoms with Crippen LogP contribution in [0.4, 0.5) is 9.05 Å². The molecule has 0 amide bonds. The first-order valence-electron chi connectivity index (χ1n) is 4.03.